The van der Waals surface area contributed by atoms with Crippen molar-refractivity contribution in [2.75, 3.05) is 13.6 Å². The highest BCUT2D eigenvalue weighted by Gasteiger charge is 2.15. The van der Waals surface area contributed by atoms with E-state index in [1.54, 1.807) is 13.1 Å². The molecule has 1 amide bonds. The van der Waals surface area contributed by atoms with Crippen LogP contribution in [0.5, 0.6) is 0 Å². The topological polar surface area (TPSA) is 44.1 Å². The molecule has 0 aliphatic heterocycles. The number of carbonyl (C=O) groups is 1. The number of hydrogen-bond donors (Lipinski definition) is 0. The molecule has 5 heteroatoms. The Morgan fingerprint density at radius 3 is 2.88 bits per heavy atom. The number of halogens is 2. The van der Waals surface area contributed by atoms with E-state index >= 15 is 0 Å². The Balaban J connectivity index is 2.84. The molecule has 1 aromatic rings. The Morgan fingerprint density at radius 1 is 1.62 bits per heavy atom. The minimum Gasteiger partial charge on any atom is -0.341 e. The Bertz CT molecular complexity index is 442. The zero-order valence-electron chi connectivity index (χ0n) is 8.70. The van der Waals surface area contributed by atoms with E-state index in [-0.39, 0.29) is 12.0 Å². The van der Waals surface area contributed by atoms with E-state index in [1.165, 1.54) is 17.0 Å². The number of rotatable bonds is 3. The maximum absolute atomic E-state index is 13.4. The normalized spacial score (nSPS) is 9.62. The predicted molar refractivity (Wildman–Crippen MR) is 61.3 cm³/mol. The molecule has 0 radical (unpaired) electrons. The summed E-state index contributed by atoms with van der Waals surface area (Å²) < 4.78 is 14.0. The van der Waals surface area contributed by atoms with Gasteiger partial charge in [0.1, 0.15) is 5.82 Å². The van der Waals surface area contributed by atoms with E-state index in [9.17, 15) is 9.18 Å². The van der Waals surface area contributed by atoms with Gasteiger partial charge in [-0.1, -0.05) is 15.9 Å². The molecule has 0 saturated heterocycles. The van der Waals surface area contributed by atoms with Gasteiger partial charge in [0.25, 0.3) is 5.91 Å². The molecule has 0 N–H and O–H groups in total. The highest BCUT2D eigenvalue weighted by Crippen LogP contribution is 2.16. The fourth-order valence-electron chi connectivity index (χ4n) is 1.19. The molecule has 0 aliphatic carbocycles. The monoisotopic (exact) mass is 284 g/mol. The van der Waals surface area contributed by atoms with Crippen molar-refractivity contribution in [3.8, 4) is 6.07 Å². The third-order valence-electron chi connectivity index (χ3n) is 2.07. The van der Waals surface area contributed by atoms with Gasteiger partial charge in [-0.3, -0.25) is 4.79 Å². The summed E-state index contributed by atoms with van der Waals surface area (Å²) in [4.78, 5) is 13.1. The van der Waals surface area contributed by atoms with Crippen LogP contribution in [0.15, 0.2) is 22.7 Å². The summed E-state index contributed by atoms with van der Waals surface area (Å²) in [6.45, 7) is 0.296. The molecule has 1 aromatic carbocycles. The summed E-state index contributed by atoms with van der Waals surface area (Å²) in [7, 11) is 1.54. The zero-order chi connectivity index (χ0) is 12.1. The van der Waals surface area contributed by atoms with Crippen molar-refractivity contribution in [1.29, 1.82) is 5.26 Å². The second-order valence-corrected chi connectivity index (χ2v) is 4.17. The summed E-state index contributed by atoms with van der Waals surface area (Å²) in [6, 6.07) is 6.20. The first-order chi connectivity index (χ1) is 7.56. The molecule has 0 bridgehead atoms. The number of amides is 1. The summed E-state index contributed by atoms with van der Waals surface area (Å²) in [5.41, 5.74) is 0.0173. The first kappa shape index (κ1) is 12.7. The maximum atomic E-state index is 13.4. The molecule has 1 rings (SSSR count). The zero-order valence-corrected chi connectivity index (χ0v) is 10.3. The molecule has 0 heterocycles. The third kappa shape index (κ3) is 3.04. The van der Waals surface area contributed by atoms with Crippen LogP contribution in [0, 0.1) is 17.1 Å². The largest absolute Gasteiger partial charge is 0.341 e. The van der Waals surface area contributed by atoms with E-state index in [0.717, 1.165) is 0 Å². The van der Waals surface area contributed by atoms with E-state index in [4.69, 9.17) is 5.26 Å². The van der Waals surface area contributed by atoms with Crippen molar-refractivity contribution < 1.29 is 9.18 Å². The van der Waals surface area contributed by atoms with Gasteiger partial charge in [-0.15, -0.1) is 0 Å². The molecular weight excluding hydrogens is 275 g/mol. The predicted octanol–water partition coefficient (Wildman–Crippen LogP) is 2.57. The molecule has 0 atom stereocenters. The first-order valence-electron chi connectivity index (χ1n) is 4.63. The van der Waals surface area contributed by atoms with E-state index in [1.807, 2.05) is 6.07 Å². The van der Waals surface area contributed by atoms with Crippen LogP contribution < -0.4 is 0 Å². The lowest BCUT2D eigenvalue weighted by Crippen LogP contribution is -2.28. The lowest BCUT2D eigenvalue weighted by molar-refractivity contribution is 0.0793. The summed E-state index contributed by atoms with van der Waals surface area (Å²) in [6.07, 6.45) is 0.236. The number of nitriles is 1. The van der Waals surface area contributed by atoms with Crippen molar-refractivity contribution in [3.05, 3.63) is 34.1 Å². The molecule has 0 fully saturated rings. The molecule has 16 heavy (non-hydrogen) atoms. The maximum Gasteiger partial charge on any atom is 0.256 e. The van der Waals surface area contributed by atoms with Crippen LogP contribution in [0.1, 0.15) is 16.8 Å². The van der Waals surface area contributed by atoms with E-state index in [2.05, 4.69) is 15.9 Å². The van der Waals surface area contributed by atoms with Gasteiger partial charge in [-0.2, -0.15) is 5.26 Å². The van der Waals surface area contributed by atoms with Crippen molar-refractivity contribution in [3.63, 3.8) is 0 Å². The smallest absolute Gasteiger partial charge is 0.256 e. The molecule has 0 unspecified atom stereocenters. The van der Waals surface area contributed by atoms with Gasteiger partial charge in [0.2, 0.25) is 0 Å². The van der Waals surface area contributed by atoms with Crippen molar-refractivity contribution in [2.24, 2.45) is 0 Å². The third-order valence-corrected chi connectivity index (χ3v) is 2.56. The summed E-state index contributed by atoms with van der Waals surface area (Å²) in [5, 5.41) is 8.39. The fraction of sp³-hybridized carbons (Fsp3) is 0.273. The molecule has 84 valence electrons. The van der Waals surface area contributed by atoms with Gasteiger partial charge >= 0.3 is 0 Å². The van der Waals surface area contributed by atoms with Crippen LogP contribution in [0.25, 0.3) is 0 Å². The van der Waals surface area contributed by atoms with Crippen LogP contribution in [-0.4, -0.2) is 24.4 Å². The number of nitrogens with zero attached hydrogens (tertiary/aromatic N) is 2. The summed E-state index contributed by atoms with van der Waals surface area (Å²) >= 11 is 3.12. The number of benzene rings is 1. The Hall–Kier alpha value is -1.41. The Morgan fingerprint density at radius 2 is 2.31 bits per heavy atom. The second kappa shape index (κ2) is 5.61. The minimum absolute atomic E-state index is 0.0173. The standard InChI is InChI=1S/C11H10BrFN2O/c1-15(6-2-5-14)11(16)9-4-3-8(12)7-10(9)13/h3-4,7H,2,6H2,1H3. The highest BCUT2D eigenvalue weighted by atomic mass is 79.9. The molecular formula is C11H10BrFN2O. The molecule has 3 nitrogen and oxygen atoms in total. The van der Waals surface area contributed by atoms with Crippen LogP contribution in [0.3, 0.4) is 0 Å². The van der Waals surface area contributed by atoms with Gasteiger partial charge in [-0.05, 0) is 18.2 Å². The lowest BCUT2D eigenvalue weighted by Gasteiger charge is -2.15. The Kier molecular flexibility index (Phi) is 4.44. The lowest BCUT2D eigenvalue weighted by atomic mass is 10.2. The van der Waals surface area contributed by atoms with Gasteiger partial charge in [0, 0.05) is 18.1 Å². The van der Waals surface area contributed by atoms with Gasteiger partial charge < -0.3 is 4.90 Å². The second-order valence-electron chi connectivity index (χ2n) is 3.26. The molecule has 0 saturated carbocycles. The Labute approximate surface area is 102 Å². The molecule has 0 aromatic heterocycles. The van der Waals surface area contributed by atoms with Crippen molar-refractivity contribution in [1.82, 2.24) is 4.90 Å². The SMILES string of the molecule is CN(CCC#N)C(=O)c1ccc(Br)cc1F. The minimum atomic E-state index is -0.566. The van der Waals surface area contributed by atoms with Crippen LogP contribution in [-0.2, 0) is 0 Å². The number of hydrogen-bond acceptors (Lipinski definition) is 2. The van der Waals surface area contributed by atoms with E-state index < -0.39 is 11.7 Å². The highest BCUT2D eigenvalue weighted by molar-refractivity contribution is 9.10. The van der Waals surface area contributed by atoms with Crippen molar-refractivity contribution >= 4 is 21.8 Å². The van der Waals surface area contributed by atoms with Crippen LogP contribution >= 0.6 is 15.9 Å². The van der Waals surface area contributed by atoms with Gasteiger partial charge in [0.15, 0.2) is 0 Å². The van der Waals surface area contributed by atoms with Crippen molar-refractivity contribution in [2.45, 2.75) is 6.42 Å². The average Bonchev–Trinajstić information content (AvgIpc) is 2.25. The van der Waals surface area contributed by atoms with Crippen LogP contribution in [0.4, 0.5) is 4.39 Å². The fourth-order valence-corrected chi connectivity index (χ4v) is 1.52. The van der Waals surface area contributed by atoms with Gasteiger partial charge in [0.05, 0.1) is 18.1 Å². The molecule has 0 aliphatic rings. The first-order valence-corrected chi connectivity index (χ1v) is 5.43. The number of carbonyl (C=O) groups excluding carboxylic acids is 1. The van der Waals surface area contributed by atoms with Gasteiger partial charge in [-0.25, -0.2) is 4.39 Å². The summed E-state index contributed by atoms with van der Waals surface area (Å²) in [5.74, 6) is -0.983. The quantitative estimate of drug-likeness (QED) is 0.856. The molecule has 0 spiro atoms. The average molecular weight is 285 g/mol. The van der Waals surface area contributed by atoms with E-state index in [0.29, 0.717) is 11.0 Å². The van der Waals surface area contributed by atoms with Crippen LogP contribution in [0.2, 0.25) is 0 Å².